The maximum atomic E-state index is 14.0. The lowest BCUT2D eigenvalue weighted by atomic mass is 9.95. The van der Waals surface area contributed by atoms with E-state index in [1.807, 2.05) is 12.1 Å². The topological polar surface area (TPSA) is 235 Å². The maximum Gasteiger partial charge on any atom is 0.274 e. The summed E-state index contributed by atoms with van der Waals surface area (Å²) < 4.78 is 33.0. The smallest absolute Gasteiger partial charge is 0.274 e. The number of sulfone groups is 1. The summed E-state index contributed by atoms with van der Waals surface area (Å²) in [6.07, 6.45) is 6.61. The van der Waals surface area contributed by atoms with Gasteiger partial charge in [-0.15, -0.1) is 0 Å². The summed E-state index contributed by atoms with van der Waals surface area (Å²) in [5.74, 6) is -1.86. The maximum absolute atomic E-state index is 14.0. The molecule has 1 aliphatic carbocycles. The molecule has 17 nitrogen and oxygen atoms in total. The number of carbonyl (C=O) groups is 5. The van der Waals surface area contributed by atoms with Crippen molar-refractivity contribution in [3.8, 4) is 11.1 Å². The Bertz CT molecular complexity index is 2650. The number of H-pyrrole nitrogens is 1. The molecular formula is C43H50N8O9S. The second-order valence-corrected chi connectivity index (χ2v) is 18.6. The molecule has 61 heavy (non-hydrogen) atoms. The van der Waals surface area contributed by atoms with E-state index in [9.17, 15) is 37.2 Å². The van der Waals surface area contributed by atoms with Crippen molar-refractivity contribution >= 4 is 56.0 Å². The molecule has 2 aromatic heterocycles. The summed E-state index contributed by atoms with van der Waals surface area (Å²) in [7, 11) is -1.99. The van der Waals surface area contributed by atoms with Crippen molar-refractivity contribution in [2.45, 2.75) is 63.4 Å². The van der Waals surface area contributed by atoms with Crippen LogP contribution in [-0.4, -0.2) is 104 Å². The second kappa shape index (κ2) is 16.9. The fourth-order valence-corrected chi connectivity index (χ4v) is 9.58. The molecule has 18 heteroatoms. The molecule has 3 aliphatic heterocycles. The summed E-state index contributed by atoms with van der Waals surface area (Å²) >= 11 is 0. The van der Waals surface area contributed by atoms with Crippen LogP contribution in [0.2, 0.25) is 0 Å². The van der Waals surface area contributed by atoms with Gasteiger partial charge in [-0.2, -0.15) is 0 Å². The van der Waals surface area contributed by atoms with Crippen molar-refractivity contribution in [1.82, 2.24) is 30.4 Å². The van der Waals surface area contributed by atoms with Crippen LogP contribution in [-0.2, 0) is 56.5 Å². The number of aryl methyl sites for hydroxylation is 2. The monoisotopic (exact) mass is 854 g/mol. The van der Waals surface area contributed by atoms with Crippen molar-refractivity contribution in [3.05, 3.63) is 86.0 Å². The molecule has 4 aromatic rings. The van der Waals surface area contributed by atoms with E-state index in [1.165, 1.54) is 9.47 Å². The zero-order chi connectivity index (χ0) is 43.2. The summed E-state index contributed by atoms with van der Waals surface area (Å²) in [6, 6.07) is 8.31. The first-order chi connectivity index (χ1) is 29.2. The van der Waals surface area contributed by atoms with Crippen LogP contribution in [0.15, 0.2) is 41.3 Å². The van der Waals surface area contributed by atoms with Crippen molar-refractivity contribution in [2.75, 3.05) is 50.5 Å². The number of aromatic nitrogens is 2. The van der Waals surface area contributed by atoms with Crippen LogP contribution in [0.4, 0.5) is 5.69 Å². The number of nitrogens with two attached hydrogens (primary N) is 1. The Morgan fingerprint density at radius 1 is 0.934 bits per heavy atom. The van der Waals surface area contributed by atoms with E-state index in [0.717, 1.165) is 30.2 Å². The van der Waals surface area contributed by atoms with Gasteiger partial charge in [0.05, 0.1) is 12.4 Å². The Morgan fingerprint density at radius 2 is 1.72 bits per heavy atom. The molecule has 8 rings (SSSR count). The van der Waals surface area contributed by atoms with Crippen molar-refractivity contribution in [2.24, 2.45) is 18.7 Å². The lowest BCUT2D eigenvalue weighted by Crippen LogP contribution is -2.52. The Hall–Kier alpha value is -5.85. The first-order valence-corrected chi connectivity index (χ1v) is 22.7. The van der Waals surface area contributed by atoms with E-state index in [2.05, 4.69) is 25.8 Å². The zero-order valence-electron chi connectivity index (χ0n) is 34.2. The first-order valence-electron chi connectivity index (χ1n) is 20.7. The lowest BCUT2D eigenvalue weighted by Gasteiger charge is -2.29. The normalized spacial score (nSPS) is 17.3. The number of rotatable bonds is 16. The van der Waals surface area contributed by atoms with Gasteiger partial charge in [-0.1, -0.05) is 12.1 Å². The predicted molar refractivity (Wildman–Crippen MR) is 227 cm³/mol. The molecule has 322 valence electrons. The Balaban J connectivity index is 0.974. The molecule has 1 saturated carbocycles. The molecule has 4 aliphatic rings. The minimum absolute atomic E-state index is 0.157. The number of benzene rings is 2. The molecular weight excluding hydrogens is 805 g/mol. The van der Waals surface area contributed by atoms with Crippen LogP contribution < -0.4 is 32.1 Å². The number of nitrogens with zero attached hydrogens (tertiary/aromatic N) is 3. The molecule has 5 heterocycles. The van der Waals surface area contributed by atoms with Gasteiger partial charge in [0.25, 0.3) is 23.3 Å². The number of imide groups is 1. The van der Waals surface area contributed by atoms with Crippen molar-refractivity contribution in [1.29, 1.82) is 0 Å². The fraction of sp³-hybridized carbons (Fsp3) is 0.442. The van der Waals surface area contributed by atoms with E-state index in [4.69, 9.17) is 10.5 Å². The highest BCUT2D eigenvalue weighted by Gasteiger charge is 2.40. The lowest BCUT2D eigenvalue weighted by molar-refractivity contribution is -0.136. The minimum Gasteiger partial charge on any atom is -0.380 e. The number of hydrogen-bond donors (Lipinski definition) is 5. The Labute approximate surface area is 352 Å². The molecule has 6 N–H and O–H groups in total. The van der Waals surface area contributed by atoms with Crippen LogP contribution >= 0.6 is 0 Å². The van der Waals surface area contributed by atoms with Gasteiger partial charge in [0.2, 0.25) is 11.8 Å². The van der Waals surface area contributed by atoms with Crippen molar-refractivity contribution in [3.63, 3.8) is 0 Å². The molecule has 2 aromatic carbocycles. The van der Waals surface area contributed by atoms with E-state index in [-0.39, 0.29) is 79.3 Å². The number of amides is 5. The van der Waals surface area contributed by atoms with Crippen LogP contribution in [0.1, 0.15) is 85.6 Å². The van der Waals surface area contributed by atoms with E-state index in [1.54, 1.807) is 31.4 Å². The number of anilines is 1. The molecule has 1 unspecified atom stereocenters. The third-order valence-electron chi connectivity index (χ3n) is 11.9. The van der Waals surface area contributed by atoms with Crippen molar-refractivity contribution < 1.29 is 37.1 Å². The van der Waals surface area contributed by atoms with E-state index >= 15 is 0 Å². The van der Waals surface area contributed by atoms with Crippen LogP contribution in [0.5, 0.6) is 0 Å². The van der Waals surface area contributed by atoms with Gasteiger partial charge in [0.15, 0.2) is 9.84 Å². The largest absolute Gasteiger partial charge is 0.380 e. The highest BCUT2D eigenvalue weighted by atomic mass is 32.2. The second-order valence-electron chi connectivity index (χ2n) is 16.5. The molecule has 5 amide bonds. The molecule has 1 atom stereocenters. The summed E-state index contributed by atoms with van der Waals surface area (Å²) in [4.78, 5) is 85.1. The van der Waals surface area contributed by atoms with E-state index in [0.29, 0.717) is 83.8 Å². The predicted octanol–water partition coefficient (Wildman–Crippen LogP) is 1.64. The number of aromatic amines is 1. The standard InChI is InChI=1S/C43H50N8O9S/c1-49-20-31-29-17-26(23-61(2,58)59)28(18-34(29)50(19-24-8-9-24)21-32-36(31)38(43(49)57)48-37(32)41(55)45-13-12-44)39(53)46-14-16-60-15-4-6-25-5-3-7-27-30(25)22-51(42(27)56)33-10-11-35(52)47-40(33)54/h3,5,7,17-18,20,24,33,48H,4,6,8-16,19,21-23,44H2,1-2H3,(H,45,55)(H,46,53)(H,47,52,54). The molecule has 1 saturated heterocycles. The fourth-order valence-electron chi connectivity index (χ4n) is 8.78. The molecule has 0 spiro atoms. The average Bonchev–Trinajstić information content (AvgIpc) is 3.89. The summed E-state index contributed by atoms with van der Waals surface area (Å²) in [5.41, 5.74) is 11.4. The number of piperidine rings is 1. The minimum atomic E-state index is -3.61. The van der Waals surface area contributed by atoms with Gasteiger partial charge in [-0.3, -0.25) is 34.1 Å². The third-order valence-corrected chi connectivity index (χ3v) is 12.7. The SMILES string of the molecule is Cn1cc2c3c(c(C(=O)NCCN)[nH]c3c1=O)CN(CC1CC1)c1cc(C(=O)NCCOCCCc3cccc4c3CN(C3CCC(=O)NC3=O)C4=O)c(CS(C)(=O)=O)cc1-2. The van der Waals surface area contributed by atoms with Gasteiger partial charge in [-0.25, -0.2) is 8.42 Å². The van der Waals surface area contributed by atoms with Gasteiger partial charge in [0.1, 0.15) is 17.3 Å². The Morgan fingerprint density at radius 3 is 2.46 bits per heavy atom. The van der Waals surface area contributed by atoms with Crippen LogP contribution in [0, 0.1) is 5.92 Å². The number of fused-ring (bicyclic) bond motifs is 3. The molecule has 2 fully saturated rings. The highest BCUT2D eigenvalue weighted by Crippen LogP contribution is 2.45. The van der Waals surface area contributed by atoms with Crippen LogP contribution in [0.25, 0.3) is 22.0 Å². The van der Waals surface area contributed by atoms with Gasteiger partial charge in [0, 0.05) is 111 Å². The quantitative estimate of drug-likeness (QED) is 0.0803. The number of ether oxygens (including phenoxy) is 1. The van der Waals surface area contributed by atoms with Gasteiger partial charge < -0.3 is 40.5 Å². The van der Waals surface area contributed by atoms with Crippen LogP contribution in [0.3, 0.4) is 0 Å². The number of pyridine rings is 1. The number of carbonyl (C=O) groups excluding carboxylic acids is 5. The van der Waals surface area contributed by atoms with Gasteiger partial charge in [-0.05, 0) is 72.9 Å². The highest BCUT2D eigenvalue weighted by molar-refractivity contribution is 7.89. The Kier molecular flexibility index (Phi) is 11.6. The molecule has 0 radical (unpaired) electrons. The number of nitrogens with one attached hydrogen (secondary N) is 4. The summed E-state index contributed by atoms with van der Waals surface area (Å²) in [6.45, 7) is 2.41. The van der Waals surface area contributed by atoms with Gasteiger partial charge >= 0.3 is 0 Å². The first kappa shape index (κ1) is 41.9. The number of hydrogen-bond acceptors (Lipinski definition) is 11. The third kappa shape index (κ3) is 8.56. The summed E-state index contributed by atoms with van der Waals surface area (Å²) in [5, 5.41) is 8.64. The molecule has 0 bridgehead atoms. The van der Waals surface area contributed by atoms with E-state index < -0.39 is 33.4 Å². The zero-order valence-corrected chi connectivity index (χ0v) is 35.0. The average molecular weight is 855 g/mol.